The molecule has 0 bridgehead atoms. The van der Waals surface area contributed by atoms with E-state index >= 15 is 0 Å². The molecule has 0 saturated carbocycles. The van der Waals surface area contributed by atoms with Gasteiger partial charge in [0.25, 0.3) is 5.91 Å². The molecule has 0 spiro atoms. The lowest BCUT2D eigenvalue weighted by atomic mass is 10.0. The lowest BCUT2D eigenvalue weighted by Gasteiger charge is -2.17. The maximum Gasteiger partial charge on any atom is 0.416 e. The second kappa shape index (κ2) is 12.9. The Morgan fingerprint density at radius 2 is 1.65 bits per heavy atom. The molecule has 3 aromatic rings. The number of carbonyl (C=O) groups is 2. The number of alkyl halides is 3. The van der Waals surface area contributed by atoms with Crippen LogP contribution in [0.3, 0.4) is 0 Å². The van der Waals surface area contributed by atoms with E-state index in [1.165, 1.54) is 41.1 Å². The largest absolute Gasteiger partial charge is 0.481 e. The molecule has 2 atom stereocenters. The zero-order valence-electron chi connectivity index (χ0n) is 21.7. The molecule has 0 unspecified atom stereocenters. The van der Waals surface area contributed by atoms with Gasteiger partial charge in [-0.05, 0) is 47.9 Å². The average molecular weight is 568 g/mol. The van der Waals surface area contributed by atoms with Crippen LogP contribution in [0.1, 0.15) is 59.8 Å². The number of nitrogens with one attached hydrogen (secondary N) is 1. The summed E-state index contributed by atoms with van der Waals surface area (Å²) in [5, 5.41) is 35.9. The van der Waals surface area contributed by atoms with Gasteiger partial charge in [-0.3, -0.25) is 9.59 Å². The van der Waals surface area contributed by atoms with E-state index in [-0.39, 0.29) is 37.1 Å². The van der Waals surface area contributed by atoms with Crippen LogP contribution in [-0.2, 0) is 17.5 Å². The highest BCUT2D eigenvalue weighted by molar-refractivity contribution is 5.94. The number of aromatic nitrogens is 2. The summed E-state index contributed by atoms with van der Waals surface area (Å²) in [6.07, 6.45) is -7.91. The molecule has 13 heteroatoms. The molecule has 1 heterocycles. The van der Waals surface area contributed by atoms with Crippen molar-refractivity contribution in [3.63, 3.8) is 0 Å². The minimum Gasteiger partial charge on any atom is -0.481 e. The quantitative estimate of drug-likeness (QED) is 0.243. The Hall–Kier alpha value is -3.97. The first-order valence-electron chi connectivity index (χ1n) is 12.3. The van der Waals surface area contributed by atoms with Gasteiger partial charge in [-0.25, -0.2) is 9.07 Å². The summed E-state index contributed by atoms with van der Waals surface area (Å²) in [7, 11) is 0. The normalized spacial score (nSPS) is 13.2. The van der Waals surface area contributed by atoms with Gasteiger partial charge >= 0.3 is 12.1 Å². The molecule has 0 radical (unpaired) electrons. The third-order valence-corrected chi connectivity index (χ3v) is 5.84. The number of amides is 1. The van der Waals surface area contributed by atoms with E-state index in [4.69, 9.17) is 9.84 Å². The first-order valence-corrected chi connectivity index (χ1v) is 12.3. The Labute approximate surface area is 227 Å². The van der Waals surface area contributed by atoms with Gasteiger partial charge in [0.1, 0.15) is 12.4 Å². The number of carboxylic acids is 1. The number of carboxylic acid groups (broad SMARTS) is 1. The van der Waals surface area contributed by atoms with E-state index in [9.17, 15) is 37.4 Å². The van der Waals surface area contributed by atoms with Crippen LogP contribution in [0.5, 0.6) is 5.88 Å². The third kappa shape index (κ3) is 8.02. The van der Waals surface area contributed by atoms with Crippen LogP contribution in [-0.4, -0.2) is 55.8 Å². The minimum atomic E-state index is -4.49. The van der Waals surface area contributed by atoms with Crippen molar-refractivity contribution in [1.82, 2.24) is 15.1 Å². The summed E-state index contributed by atoms with van der Waals surface area (Å²) in [4.78, 5) is 24.0. The lowest BCUT2D eigenvalue weighted by Crippen LogP contribution is -2.26. The van der Waals surface area contributed by atoms with Gasteiger partial charge in [-0.15, -0.1) is 0 Å². The fourth-order valence-electron chi connectivity index (χ4n) is 3.92. The zero-order chi connectivity index (χ0) is 29.6. The Morgan fingerprint density at radius 1 is 1.02 bits per heavy atom. The Kier molecular flexibility index (Phi) is 9.88. The van der Waals surface area contributed by atoms with E-state index in [1.54, 1.807) is 13.8 Å². The van der Waals surface area contributed by atoms with Crippen molar-refractivity contribution in [3.8, 4) is 11.6 Å². The van der Waals surface area contributed by atoms with Crippen LogP contribution in [0.15, 0.2) is 48.5 Å². The summed E-state index contributed by atoms with van der Waals surface area (Å²) in [6.45, 7) is 3.06. The third-order valence-electron chi connectivity index (χ3n) is 5.84. The molecule has 0 aliphatic carbocycles. The second-order valence-corrected chi connectivity index (χ2v) is 9.44. The topological polar surface area (TPSA) is 134 Å². The maximum atomic E-state index is 13.6. The molecule has 9 nitrogen and oxygen atoms in total. The molecule has 1 amide bonds. The molecule has 0 aliphatic rings. The molecule has 0 saturated heterocycles. The molecule has 4 N–H and O–H groups in total. The summed E-state index contributed by atoms with van der Waals surface area (Å²) in [6, 6.07) is 9.47. The summed E-state index contributed by atoms with van der Waals surface area (Å²) >= 11 is 0. The van der Waals surface area contributed by atoms with Crippen molar-refractivity contribution in [3.05, 3.63) is 76.7 Å². The smallest absolute Gasteiger partial charge is 0.416 e. The van der Waals surface area contributed by atoms with Gasteiger partial charge in [-0.1, -0.05) is 26.0 Å². The van der Waals surface area contributed by atoms with E-state index in [2.05, 4.69) is 10.4 Å². The number of hydrogen-bond acceptors (Lipinski definition) is 6. The van der Waals surface area contributed by atoms with Crippen LogP contribution >= 0.6 is 0 Å². The van der Waals surface area contributed by atoms with Gasteiger partial charge in [0.05, 0.1) is 29.9 Å². The minimum absolute atomic E-state index is 0.0540. The Bertz CT molecular complexity index is 1310. The highest BCUT2D eigenvalue weighted by atomic mass is 19.4. The van der Waals surface area contributed by atoms with Crippen LogP contribution in [0.25, 0.3) is 5.69 Å². The molecule has 2 aromatic carbocycles. The fourth-order valence-corrected chi connectivity index (χ4v) is 3.92. The number of halogens is 4. The first-order chi connectivity index (χ1) is 18.8. The number of nitrogens with zero attached hydrogens (tertiary/aromatic N) is 2. The fraction of sp³-hybridized carbons (Fsp3) is 0.370. The van der Waals surface area contributed by atoms with Crippen LogP contribution < -0.4 is 10.1 Å². The molecule has 0 aliphatic heterocycles. The van der Waals surface area contributed by atoms with Crippen molar-refractivity contribution in [1.29, 1.82) is 0 Å². The zero-order valence-corrected chi connectivity index (χ0v) is 21.7. The van der Waals surface area contributed by atoms with E-state index in [0.29, 0.717) is 16.8 Å². The van der Waals surface area contributed by atoms with Crippen molar-refractivity contribution in [2.24, 2.45) is 0 Å². The highest BCUT2D eigenvalue weighted by Gasteiger charge is 2.30. The number of carbonyl (C=O) groups excluding carboxylic acids is 1. The molecule has 216 valence electrons. The van der Waals surface area contributed by atoms with Crippen LogP contribution in [0, 0.1) is 5.82 Å². The van der Waals surface area contributed by atoms with Gasteiger partial charge in [0.2, 0.25) is 5.88 Å². The van der Waals surface area contributed by atoms with Gasteiger partial charge in [0.15, 0.2) is 5.69 Å². The highest BCUT2D eigenvalue weighted by Crippen LogP contribution is 2.33. The number of rotatable bonds is 12. The average Bonchev–Trinajstić information content (AvgIpc) is 3.25. The summed E-state index contributed by atoms with van der Waals surface area (Å²) in [5.74, 6) is -2.67. The van der Waals surface area contributed by atoms with Crippen molar-refractivity contribution >= 4 is 11.9 Å². The van der Waals surface area contributed by atoms with Crippen LogP contribution in [0.4, 0.5) is 17.6 Å². The summed E-state index contributed by atoms with van der Waals surface area (Å²) in [5.41, 5.74) is 0.224. The maximum absolute atomic E-state index is 13.6. The predicted molar refractivity (Wildman–Crippen MR) is 135 cm³/mol. The molecule has 3 rings (SSSR count). The van der Waals surface area contributed by atoms with E-state index in [1.807, 2.05) is 0 Å². The molecule has 1 aromatic heterocycles. The summed E-state index contributed by atoms with van der Waals surface area (Å²) < 4.78 is 59.2. The number of aliphatic hydroxyl groups is 2. The number of aliphatic carboxylic acids is 1. The Balaban J connectivity index is 1.88. The first kappa shape index (κ1) is 30.6. The molecular weight excluding hydrogens is 538 g/mol. The number of aliphatic hydroxyl groups excluding tert-OH is 2. The van der Waals surface area contributed by atoms with Crippen molar-refractivity contribution in [2.75, 3.05) is 6.61 Å². The van der Waals surface area contributed by atoms with Gasteiger partial charge in [-0.2, -0.15) is 18.3 Å². The molecule has 40 heavy (non-hydrogen) atoms. The van der Waals surface area contributed by atoms with Crippen molar-refractivity contribution < 1.29 is 47.2 Å². The molecule has 0 fully saturated rings. The van der Waals surface area contributed by atoms with E-state index < -0.39 is 48.1 Å². The standard InChI is InChI=1S/C27H29F4N3O6/c1-15(2)23-24(25(39)32-13-16-3-5-17(6-4-16)27(29,30)31)33-34(19-9-7-18(28)8-10-19)26(23)40-14-21(36)11-20(35)12-22(37)38/h3-10,15,20-21,35-36H,11-14H2,1-2H3,(H,32,39)(H,37,38)/t20-,21+/m1/s1. The second-order valence-electron chi connectivity index (χ2n) is 9.44. The monoisotopic (exact) mass is 567 g/mol. The van der Waals surface area contributed by atoms with Crippen LogP contribution in [0.2, 0.25) is 0 Å². The predicted octanol–water partition coefficient (Wildman–Crippen LogP) is 4.05. The molecular formula is C27H29F4N3O6. The van der Waals surface area contributed by atoms with Gasteiger partial charge in [0, 0.05) is 18.5 Å². The van der Waals surface area contributed by atoms with Crippen molar-refractivity contribution in [2.45, 2.75) is 57.5 Å². The number of ether oxygens (including phenoxy) is 1. The SMILES string of the molecule is CC(C)c1c(C(=O)NCc2ccc(C(F)(F)F)cc2)nn(-c2ccc(F)cc2)c1OC[C@@H](O)C[C@@H](O)CC(=O)O. The number of benzene rings is 2. The Morgan fingerprint density at radius 3 is 2.20 bits per heavy atom. The lowest BCUT2D eigenvalue weighted by molar-refractivity contribution is -0.140. The van der Waals surface area contributed by atoms with Gasteiger partial charge < -0.3 is 25.4 Å². The van der Waals surface area contributed by atoms with E-state index in [0.717, 1.165) is 12.1 Å². The number of hydrogen-bond donors (Lipinski definition) is 4.